The molecular formula is C25H32N2O3. The van der Waals surface area contributed by atoms with Crippen LogP contribution in [-0.2, 0) is 14.4 Å². The SMILES string of the molecule is O=C1CC(N(CCC2=CCCCC2)C(=O)C2CCCCC2)C(=O)N1c1ccccc1. The van der Waals surface area contributed by atoms with E-state index in [1.165, 1.54) is 29.7 Å². The highest BCUT2D eigenvalue weighted by Crippen LogP contribution is 2.31. The second-order valence-corrected chi connectivity index (χ2v) is 8.85. The third-order valence-corrected chi connectivity index (χ3v) is 6.81. The van der Waals surface area contributed by atoms with Gasteiger partial charge in [-0.1, -0.05) is 49.1 Å². The first-order chi connectivity index (χ1) is 14.6. The maximum atomic E-state index is 13.5. The van der Waals surface area contributed by atoms with E-state index in [9.17, 15) is 14.4 Å². The van der Waals surface area contributed by atoms with Crippen molar-refractivity contribution >= 4 is 23.4 Å². The Morgan fingerprint density at radius 1 is 1.00 bits per heavy atom. The number of anilines is 1. The van der Waals surface area contributed by atoms with Crippen LogP contribution >= 0.6 is 0 Å². The van der Waals surface area contributed by atoms with Gasteiger partial charge in [0.2, 0.25) is 11.8 Å². The summed E-state index contributed by atoms with van der Waals surface area (Å²) in [7, 11) is 0. The van der Waals surface area contributed by atoms with Gasteiger partial charge in [0.1, 0.15) is 6.04 Å². The molecule has 1 unspecified atom stereocenters. The van der Waals surface area contributed by atoms with Gasteiger partial charge in [0.05, 0.1) is 12.1 Å². The van der Waals surface area contributed by atoms with Gasteiger partial charge in [-0.05, 0) is 57.1 Å². The van der Waals surface area contributed by atoms with Crippen LogP contribution in [0.25, 0.3) is 0 Å². The number of imide groups is 1. The summed E-state index contributed by atoms with van der Waals surface area (Å²) in [5.74, 6) is -0.401. The van der Waals surface area contributed by atoms with E-state index in [1.54, 1.807) is 17.0 Å². The Hall–Kier alpha value is -2.43. The van der Waals surface area contributed by atoms with Crippen LogP contribution in [0.3, 0.4) is 0 Å². The number of amides is 3. The molecule has 4 rings (SSSR count). The van der Waals surface area contributed by atoms with Crippen molar-refractivity contribution in [1.82, 2.24) is 4.90 Å². The van der Waals surface area contributed by atoms with E-state index in [2.05, 4.69) is 6.08 Å². The van der Waals surface area contributed by atoms with Crippen molar-refractivity contribution in [3.63, 3.8) is 0 Å². The normalized spacial score (nSPS) is 22.9. The zero-order valence-electron chi connectivity index (χ0n) is 17.7. The minimum absolute atomic E-state index is 0.00670. The first-order valence-electron chi connectivity index (χ1n) is 11.6. The monoisotopic (exact) mass is 408 g/mol. The Bertz CT molecular complexity index is 811. The second-order valence-electron chi connectivity index (χ2n) is 8.85. The number of nitrogens with zero attached hydrogens (tertiary/aromatic N) is 2. The molecule has 5 nitrogen and oxygen atoms in total. The molecule has 30 heavy (non-hydrogen) atoms. The summed E-state index contributed by atoms with van der Waals surface area (Å²) in [6.07, 6.45) is 12.9. The van der Waals surface area contributed by atoms with Gasteiger partial charge in [-0.2, -0.15) is 0 Å². The Labute approximate surface area is 179 Å². The number of benzene rings is 1. The standard InChI is InChI=1S/C25H32N2O3/c28-23-18-22(25(30)27(23)21-14-8-3-9-15-21)26(17-16-19-10-4-1-5-11-19)24(29)20-12-6-2-7-13-20/h3,8-10,14-15,20,22H,1-2,4-7,11-13,16-18H2. The van der Waals surface area contributed by atoms with Crippen molar-refractivity contribution in [2.24, 2.45) is 5.92 Å². The first-order valence-corrected chi connectivity index (χ1v) is 11.6. The summed E-state index contributed by atoms with van der Waals surface area (Å²) in [5, 5.41) is 0. The summed E-state index contributed by atoms with van der Waals surface area (Å²) in [6, 6.07) is 8.39. The Morgan fingerprint density at radius 3 is 2.47 bits per heavy atom. The zero-order chi connectivity index (χ0) is 20.9. The highest BCUT2D eigenvalue weighted by atomic mass is 16.2. The third kappa shape index (κ3) is 4.50. The fraction of sp³-hybridized carbons (Fsp3) is 0.560. The van der Waals surface area contributed by atoms with Crippen LogP contribution in [0, 0.1) is 5.92 Å². The van der Waals surface area contributed by atoms with E-state index in [0.29, 0.717) is 12.2 Å². The van der Waals surface area contributed by atoms with Gasteiger partial charge in [0, 0.05) is 12.5 Å². The molecule has 0 spiro atoms. The van der Waals surface area contributed by atoms with E-state index >= 15 is 0 Å². The van der Waals surface area contributed by atoms with Crippen molar-refractivity contribution < 1.29 is 14.4 Å². The van der Waals surface area contributed by atoms with Crippen LogP contribution in [0.4, 0.5) is 5.69 Å². The van der Waals surface area contributed by atoms with Crippen molar-refractivity contribution in [3.8, 4) is 0 Å². The van der Waals surface area contributed by atoms with Gasteiger partial charge in [-0.25, -0.2) is 4.90 Å². The lowest BCUT2D eigenvalue weighted by atomic mass is 9.87. The molecule has 1 saturated heterocycles. The molecule has 1 saturated carbocycles. The Kier molecular flexibility index (Phi) is 6.66. The average Bonchev–Trinajstić information content (AvgIpc) is 3.09. The van der Waals surface area contributed by atoms with Crippen molar-refractivity contribution in [1.29, 1.82) is 0 Å². The summed E-state index contributed by atoms with van der Waals surface area (Å²) >= 11 is 0. The maximum Gasteiger partial charge on any atom is 0.257 e. The fourth-order valence-electron chi connectivity index (χ4n) is 5.11. The zero-order valence-corrected chi connectivity index (χ0v) is 17.7. The van der Waals surface area contributed by atoms with Crippen LogP contribution in [0.5, 0.6) is 0 Å². The summed E-state index contributed by atoms with van der Waals surface area (Å²) in [4.78, 5) is 42.6. The van der Waals surface area contributed by atoms with Crippen molar-refractivity contribution in [2.45, 2.75) is 76.7 Å². The van der Waals surface area contributed by atoms with Gasteiger partial charge in [-0.3, -0.25) is 14.4 Å². The molecule has 1 aliphatic heterocycles. The first kappa shape index (κ1) is 20.8. The van der Waals surface area contributed by atoms with E-state index < -0.39 is 6.04 Å². The van der Waals surface area contributed by atoms with Crippen LogP contribution in [0.2, 0.25) is 0 Å². The number of para-hydroxylation sites is 1. The molecule has 1 aromatic rings. The molecule has 0 aromatic heterocycles. The molecule has 1 heterocycles. The molecule has 1 aromatic carbocycles. The minimum atomic E-state index is -0.670. The molecule has 3 aliphatic rings. The molecule has 5 heteroatoms. The van der Waals surface area contributed by atoms with Gasteiger partial charge in [-0.15, -0.1) is 0 Å². The molecule has 3 amide bonds. The quantitative estimate of drug-likeness (QED) is 0.510. The number of hydrogen-bond donors (Lipinski definition) is 0. The highest BCUT2D eigenvalue weighted by Gasteiger charge is 2.45. The van der Waals surface area contributed by atoms with Gasteiger partial charge < -0.3 is 4.90 Å². The number of rotatable bonds is 6. The Balaban J connectivity index is 1.54. The molecule has 0 bridgehead atoms. The number of allylic oxidation sites excluding steroid dienone is 1. The summed E-state index contributed by atoms with van der Waals surface area (Å²) < 4.78 is 0. The second kappa shape index (κ2) is 9.59. The lowest BCUT2D eigenvalue weighted by molar-refractivity contribution is -0.142. The van der Waals surface area contributed by atoms with Crippen LogP contribution < -0.4 is 4.90 Å². The van der Waals surface area contributed by atoms with E-state index in [1.807, 2.05) is 18.2 Å². The Morgan fingerprint density at radius 2 is 1.77 bits per heavy atom. The predicted molar refractivity (Wildman–Crippen MR) is 117 cm³/mol. The molecule has 160 valence electrons. The predicted octanol–water partition coefficient (Wildman–Crippen LogP) is 4.62. The van der Waals surface area contributed by atoms with Crippen LogP contribution in [0.15, 0.2) is 42.0 Å². The largest absolute Gasteiger partial charge is 0.330 e. The molecule has 0 N–H and O–H groups in total. The van der Waals surface area contributed by atoms with E-state index in [0.717, 1.165) is 44.9 Å². The van der Waals surface area contributed by atoms with E-state index in [-0.39, 0.29) is 30.1 Å². The summed E-state index contributed by atoms with van der Waals surface area (Å²) in [5.41, 5.74) is 1.98. The van der Waals surface area contributed by atoms with Crippen LogP contribution in [-0.4, -0.2) is 35.2 Å². The highest BCUT2D eigenvalue weighted by molar-refractivity contribution is 6.23. The minimum Gasteiger partial charge on any atom is -0.330 e. The van der Waals surface area contributed by atoms with Crippen LogP contribution in [0.1, 0.15) is 70.6 Å². The average molecular weight is 409 g/mol. The topological polar surface area (TPSA) is 57.7 Å². The van der Waals surface area contributed by atoms with Crippen molar-refractivity contribution in [3.05, 3.63) is 42.0 Å². The number of carbonyl (C=O) groups excluding carboxylic acids is 3. The number of carbonyl (C=O) groups is 3. The van der Waals surface area contributed by atoms with Gasteiger partial charge in [0.15, 0.2) is 0 Å². The molecule has 1 atom stereocenters. The third-order valence-electron chi connectivity index (χ3n) is 6.81. The molecule has 0 radical (unpaired) electrons. The number of hydrogen-bond acceptors (Lipinski definition) is 3. The van der Waals surface area contributed by atoms with Gasteiger partial charge in [0.25, 0.3) is 5.91 Å². The smallest absolute Gasteiger partial charge is 0.257 e. The lowest BCUT2D eigenvalue weighted by Crippen LogP contribution is -2.48. The summed E-state index contributed by atoms with van der Waals surface area (Å²) in [6.45, 7) is 0.535. The van der Waals surface area contributed by atoms with Crippen molar-refractivity contribution in [2.75, 3.05) is 11.4 Å². The maximum absolute atomic E-state index is 13.5. The molecular weight excluding hydrogens is 376 g/mol. The molecule has 2 fully saturated rings. The molecule has 2 aliphatic carbocycles. The van der Waals surface area contributed by atoms with E-state index in [4.69, 9.17) is 0 Å². The fourth-order valence-corrected chi connectivity index (χ4v) is 5.11. The van der Waals surface area contributed by atoms with Gasteiger partial charge >= 0.3 is 0 Å². The lowest BCUT2D eigenvalue weighted by Gasteiger charge is -2.33.